The summed E-state index contributed by atoms with van der Waals surface area (Å²) < 4.78 is 1.80. The minimum Gasteiger partial charge on any atom is -0.306 e. The number of hydrogen-bond donors (Lipinski definition) is 0. The third-order valence-electron chi connectivity index (χ3n) is 3.86. The van der Waals surface area contributed by atoms with Crippen LogP contribution in [0.1, 0.15) is 0 Å². The molecule has 0 radical (unpaired) electrons. The Labute approximate surface area is 95.2 Å². The van der Waals surface area contributed by atoms with E-state index in [4.69, 9.17) is 0 Å². The van der Waals surface area contributed by atoms with Crippen molar-refractivity contribution in [3.8, 4) is 0 Å². The minimum absolute atomic E-state index is 0.837. The summed E-state index contributed by atoms with van der Waals surface area (Å²) in [6.45, 7) is 4.46. The molecule has 1 aromatic rings. The Morgan fingerprint density at radius 2 is 2.00 bits per heavy atom. The number of fused-ring (bicyclic) bond motifs is 1. The van der Waals surface area contributed by atoms with Crippen LogP contribution in [0.5, 0.6) is 0 Å². The topological polar surface area (TPSA) is 50.1 Å². The Hall–Kier alpha value is -1.01. The highest BCUT2D eigenvalue weighted by Gasteiger charge is 2.56. The third kappa shape index (κ3) is 1.72. The molecule has 0 amide bonds. The molecule has 3 atom stereocenters. The molecule has 2 heterocycles. The molecular weight excluding hydrogens is 204 g/mol. The van der Waals surface area contributed by atoms with Gasteiger partial charge in [0.15, 0.2) is 0 Å². The molecule has 0 N–H and O–H groups in total. The first-order valence-corrected chi connectivity index (χ1v) is 5.85. The standard InChI is InChI=1S/C10H18N6/c1-14(2)10-8-5-15(6-9(8)10)3-4-16-7-11-12-13-16/h7-10H,3-6H2,1-2H3/t8-,9+,10?. The zero-order valence-corrected chi connectivity index (χ0v) is 9.82. The molecule has 0 bridgehead atoms. The van der Waals surface area contributed by atoms with Crippen molar-refractivity contribution >= 4 is 0 Å². The Morgan fingerprint density at radius 1 is 1.25 bits per heavy atom. The first kappa shape index (κ1) is 10.2. The molecular formula is C10H18N6. The molecule has 1 saturated heterocycles. The van der Waals surface area contributed by atoms with Gasteiger partial charge >= 0.3 is 0 Å². The Morgan fingerprint density at radius 3 is 2.56 bits per heavy atom. The molecule has 1 aromatic heterocycles. The number of rotatable bonds is 4. The van der Waals surface area contributed by atoms with Crippen LogP contribution >= 0.6 is 0 Å². The summed E-state index contributed by atoms with van der Waals surface area (Å²) in [7, 11) is 4.38. The molecule has 1 unspecified atom stereocenters. The lowest BCUT2D eigenvalue weighted by atomic mass is 10.3. The van der Waals surface area contributed by atoms with Crippen molar-refractivity contribution in [1.82, 2.24) is 30.0 Å². The van der Waals surface area contributed by atoms with Crippen LogP contribution in [0.4, 0.5) is 0 Å². The molecule has 2 aliphatic rings. The average Bonchev–Trinajstić information content (AvgIpc) is 2.72. The molecule has 1 saturated carbocycles. The number of tetrazole rings is 1. The van der Waals surface area contributed by atoms with Crippen LogP contribution in [0, 0.1) is 11.8 Å². The van der Waals surface area contributed by atoms with Crippen LogP contribution in [0.2, 0.25) is 0 Å². The van der Waals surface area contributed by atoms with Crippen LogP contribution < -0.4 is 0 Å². The molecule has 3 rings (SSSR count). The number of nitrogens with zero attached hydrogens (tertiary/aromatic N) is 6. The van der Waals surface area contributed by atoms with Crippen LogP contribution in [-0.4, -0.2) is 69.8 Å². The van der Waals surface area contributed by atoms with Gasteiger partial charge in [0.25, 0.3) is 0 Å². The molecule has 1 aliphatic heterocycles. The summed E-state index contributed by atoms with van der Waals surface area (Å²) in [6.07, 6.45) is 1.68. The van der Waals surface area contributed by atoms with Crippen molar-refractivity contribution in [1.29, 1.82) is 0 Å². The van der Waals surface area contributed by atoms with Crippen molar-refractivity contribution in [2.75, 3.05) is 33.7 Å². The number of hydrogen-bond acceptors (Lipinski definition) is 5. The van der Waals surface area contributed by atoms with Gasteiger partial charge < -0.3 is 9.80 Å². The number of aromatic nitrogens is 4. The van der Waals surface area contributed by atoms with Crippen LogP contribution in [-0.2, 0) is 6.54 Å². The molecule has 88 valence electrons. The Kier molecular flexibility index (Phi) is 2.40. The van der Waals surface area contributed by atoms with Gasteiger partial charge in [-0.2, -0.15) is 0 Å². The van der Waals surface area contributed by atoms with E-state index in [-0.39, 0.29) is 0 Å². The summed E-state index contributed by atoms with van der Waals surface area (Å²) >= 11 is 0. The smallest absolute Gasteiger partial charge is 0.138 e. The fourth-order valence-corrected chi connectivity index (χ4v) is 3.06. The maximum absolute atomic E-state index is 3.87. The highest BCUT2D eigenvalue weighted by atomic mass is 15.5. The first-order chi connectivity index (χ1) is 7.75. The molecule has 6 heteroatoms. The van der Waals surface area contributed by atoms with E-state index in [0.29, 0.717) is 0 Å². The third-order valence-corrected chi connectivity index (χ3v) is 3.86. The summed E-state index contributed by atoms with van der Waals surface area (Å²) in [6, 6.07) is 0.837. The van der Waals surface area contributed by atoms with E-state index in [9.17, 15) is 0 Å². The predicted octanol–water partition coefficient (Wildman–Crippen LogP) is -0.835. The van der Waals surface area contributed by atoms with E-state index in [2.05, 4.69) is 39.4 Å². The maximum atomic E-state index is 3.87. The zero-order chi connectivity index (χ0) is 11.1. The SMILES string of the molecule is CN(C)C1[C@H]2CN(CCn3cnnn3)C[C@@H]12. The summed E-state index contributed by atoms with van der Waals surface area (Å²) in [5.41, 5.74) is 0. The molecule has 0 spiro atoms. The lowest BCUT2D eigenvalue weighted by Crippen LogP contribution is -2.32. The predicted molar refractivity (Wildman–Crippen MR) is 58.7 cm³/mol. The van der Waals surface area contributed by atoms with E-state index in [1.165, 1.54) is 13.1 Å². The summed E-state index contributed by atoms with van der Waals surface area (Å²) in [5.74, 6) is 1.81. The van der Waals surface area contributed by atoms with E-state index < -0.39 is 0 Å². The summed E-state index contributed by atoms with van der Waals surface area (Å²) in [5, 5.41) is 11.1. The Bertz CT molecular complexity index is 336. The second kappa shape index (κ2) is 3.78. The molecule has 2 fully saturated rings. The van der Waals surface area contributed by atoms with Gasteiger partial charge in [-0.15, -0.1) is 5.10 Å². The van der Waals surface area contributed by atoms with Crippen LogP contribution in [0.15, 0.2) is 6.33 Å². The van der Waals surface area contributed by atoms with Crippen molar-refractivity contribution in [2.45, 2.75) is 12.6 Å². The second-order valence-electron chi connectivity index (χ2n) is 5.11. The second-order valence-corrected chi connectivity index (χ2v) is 5.11. The van der Waals surface area contributed by atoms with Gasteiger partial charge in [-0.25, -0.2) is 4.68 Å². The Balaban J connectivity index is 1.44. The van der Waals surface area contributed by atoms with Gasteiger partial charge in [0, 0.05) is 25.7 Å². The quantitative estimate of drug-likeness (QED) is 0.665. The molecule has 16 heavy (non-hydrogen) atoms. The van der Waals surface area contributed by atoms with Gasteiger partial charge in [-0.3, -0.25) is 0 Å². The van der Waals surface area contributed by atoms with Crippen LogP contribution in [0.3, 0.4) is 0 Å². The number of likely N-dealkylation sites (tertiary alicyclic amines) is 1. The van der Waals surface area contributed by atoms with Crippen molar-refractivity contribution < 1.29 is 0 Å². The normalized spacial score (nSPS) is 33.3. The van der Waals surface area contributed by atoms with Gasteiger partial charge in [-0.05, 0) is 36.4 Å². The zero-order valence-electron chi connectivity index (χ0n) is 9.82. The molecule has 0 aromatic carbocycles. The fourth-order valence-electron chi connectivity index (χ4n) is 3.06. The first-order valence-electron chi connectivity index (χ1n) is 5.85. The van der Waals surface area contributed by atoms with Crippen molar-refractivity contribution in [3.05, 3.63) is 6.33 Å². The fraction of sp³-hybridized carbons (Fsp3) is 0.900. The van der Waals surface area contributed by atoms with Gasteiger partial charge in [0.05, 0.1) is 6.54 Å². The molecule has 6 nitrogen and oxygen atoms in total. The lowest BCUT2D eigenvalue weighted by Gasteiger charge is -2.21. The monoisotopic (exact) mass is 222 g/mol. The number of piperidine rings is 1. The van der Waals surface area contributed by atoms with E-state index >= 15 is 0 Å². The van der Waals surface area contributed by atoms with E-state index in [1.54, 1.807) is 11.0 Å². The minimum atomic E-state index is 0.837. The summed E-state index contributed by atoms with van der Waals surface area (Å²) in [4.78, 5) is 4.89. The highest BCUT2D eigenvalue weighted by molar-refractivity contribution is 5.09. The lowest BCUT2D eigenvalue weighted by molar-refractivity contribution is 0.240. The molecule has 1 aliphatic carbocycles. The van der Waals surface area contributed by atoms with Crippen molar-refractivity contribution in [3.63, 3.8) is 0 Å². The average molecular weight is 222 g/mol. The van der Waals surface area contributed by atoms with E-state index in [0.717, 1.165) is 31.0 Å². The van der Waals surface area contributed by atoms with Crippen molar-refractivity contribution in [2.24, 2.45) is 11.8 Å². The van der Waals surface area contributed by atoms with Gasteiger partial charge in [0.2, 0.25) is 0 Å². The van der Waals surface area contributed by atoms with Gasteiger partial charge in [-0.1, -0.05) is 0 Å². The van der Waals surface area contributed by atoms with Gasteiger partial charge in [0.1, 0.15) is 6.33 Å². The highest BCUT2D eigenvalue weighted by Crippen LogP contribution is 2.47. The maximum Gasteiger partial charge on any atom is 0.138 e. The van der Waals surface area contributed by atoms with Crippen LogP contribution in [0.25, 0.3) is 0 Å². The van der Waals surface area contributed by atoms with E-state index in [1.807, 2.05) is 0 Å². The largest absolute Gasteiger partial charge is 0.306 e.